The van der Waals surface area contributed by atoms with Crippen LogP contribution < -0.4 is 5.69 Å². The summed E-state index contributed by atoms with van der Waals surface area (Å²) in [5, 5.41) is 5.67. The van der Waals surface area contributed by atoms with Crippen LogP contribution in [0.4, 0.5) is 0 Å². The number of hydrogen-bond acceptors (Lipinski definition) is 5. The minimum atomic E-state index is -3.06. The minimum Gasteiger partial charge on any atom is -0.332 e. The standard InChI is InChI=1S/C9H14N4O4S/c1-2-13(6-3-4-18(16,17)5-6)8(14)7-10-9(15)12-11-7/h6H,2-5H2,1H3,(H2,10,11,12,15). The summed E-state index contributed by atoms with van der Waals surface area (Å²) in [6.07, 6.45) is 0.427. The lowest BCUT2D eigenvalue weighted by Crippen LogP contribution is -2.41. The Bertz CT molecular complexity index is 602. The molecular weight excluding hydrogens is 260 g/mol. The highest BCUT2D eigenvalue weighted by Crippen LogP contribution is 2.18. The maximum atomic E-state index is 12.1. The number of carbonyl (C=O) groups excluding carboxylic acids is 1. The van der Waals surface area contributed by atoms with E-state index in [1.165, 1.54) is 4.90 Å². The molecule has 0 aromatic carbocycles. The van der Waals surface area contributed by atoms with Gasteiger partial charge in [0.05, 0.1) is 11.5 Å². The molecule has 1 amide bonds. The van der Waals surface area contributed by atoms with Crippen molar-refractivity contribution in [2.75, 3.05) is 18.1 Å². The van der Waals surface area contributed by atoms with E-state index in [0.29, 0.717) is 13.0 Å². The molecule has 1 aromatic rings. The zero-order valence-electron chi connectivity index (χ0n) is 9.84. The van der Waals surface area contributed by atoms with Gasteiger partial charge < -0.3 is 4.90 Å². The molecule has 2 N–H and O–H groups in total. The number of rotatable bonds is 3. The lowest BCUT2D eigenvalue weighted by Gasteiger charge is -2.25. The Labute approximate surface area is 103 Å². The van der Waals surface area contributed by atoms with Gasteiger partial charge in [-0.05, 0) is 13.3 Å². The van der Waals surface area contributed by atoms with Crippen LogP contribution in [0.25, 0.3) is 0 Å². The Morgan fingerprint density at radius 2 is 2.28 bits per heavy atom. The van der Waals surface area contributed by atoms with E-state index in [4.69, 9.17) is 0 Å². The zero-order valence-corrected chi connectivity index (χ0v) is 10.7. The summed E-state index contributed by atoms with van der Waals surface area (Å²) < 4.78 is 22.8. The van der Waals surface area contributed by atoms with Gasteiger partial charge in [-0.15, -0.1) is 5.10 Å². The summed E-state index contributed by atoms with van der Waals surface area (Å²) >= 11 is 0. The number of aromatic amines is 2. The Morgan fingerprint density at radius 3 is 2.72 bits per heavy atom. The second-order valence-corrected chi connectivity index (χ2v) is 6.40. The monoisotopic (exact) mass is 274 g/mol. The summed E-state index contributed by atoms with van der Waals surface area (Å²) in [6.45, 7) is 2.13. The second kappa shape index (κ2) is 4.56. The first-order valence-electron chi connectivity index (χ1n) is 5.59. The van der Waals surface area contributed by atoms with Crippen molar-refractivity contribution in [2.45, 2.75) is 19.4 Å². The molecule has 0 saturated carbocycles. The average Bonchev–Trinajstić information content (AvgIpc) is 2.86. The summed E-state index contributed by atoms with van der Waals surface area (Å²) in [6, 6.07) is -0.340. The van der Waals surface area contributed by atoms with E-state index in [0.717, 1.165) is 0 Å². The van der Waals surface area contributed by atoms with Crippen molar-refractivity contribution in [3.8, 4) is 0 Å². The van der Waals surface area contributed by atoms with E-state index >= 15 is 0 Å². The SMILES string of the molecule is CCN(C(=O)c1n[nH]c(=O)[nH]1)C1CCS(=O)(=O)C1. The van der Waals surface area contributed by atoms with Gasteiger partial charge in [-0.2, -0.15) is 0 Å². The molecule has 2 heterocycles. The molecule has 1 fully saturated rings. The Balaban J connectivity index is 2.19. The van der Waals surface area contributed by atoms with Crippen molar-refractivity contribution in [1.82, 2.24) is 20.1 Å². The van der Waals surface area contributed by atoms with E-state index in [1.54, 1.807) is 6.92 Å². The fourth-order valence-corrected chi connectivity index (χ4v) is 3.83. The maximum Gasteiger partial charge on any atom is 0.341 e. The molecule has 1 unspecified atom stereocenters. The van der Waals surface area contributed by atoms with E-state index in [-0.39, 0.29) is 23.4 Å². The summed E-state index contributed by atoms with van der Waals surface area (Å²) in [5.41, 5.74) is -0.562. The quantitative estimate of drug-likeness (QED) is 0.714. The first kappa shape index (κ1) is 12.8. The van der Waals surface area contributed by atoms with Crippen LogP contribution in [-0.4, -0.2) is 58.5 Å². The normalized spacial score (nSPS) is 21.9. The van der Waals surface area contributed by atoms with Gasteiger partial charge in [-0.3, -0.25) is 9.78 Å². The highest BCUT2D eigenvalue weighted by atomic mass is 32.2. The highest BCUT2D eigenvalue weighted by Gasteiger charge is 2.35. The molecule has 1 saturated heterocycles. The predicted molar refractivity (Wildman–Crippen MR) is 63.0 cm³/mol. The third-order valence-corrected chi connectivity index (χ3v) is 4.70. The van der Waals surface area contributed by atoms with Crippen molar-refractivity contribution >= 4 is 15.7 Å². The summed E-state index contributed by atoms with van der Waals surface area (Å²) in [5.74, 6) is -0.483. The first-order chi connectivity index (χ1) is 8.43. The molecule has 1 aromatic heterocycles. The lowest BCUT2D eigenvalue weighted by atomic mass is 10.2. The van der Waals surface area contributed by atoms with Crippen LogP contribution in [0.3, 0.4) is 0 Å². The van der Waals surface area contributed by atoms with Crippen molar-refractivity contribution < 1.29 is 13.2 Å². The molecule has 0 aliphatic carbocycles. The van der Waals surface area contributed by atoms with Crippen LogP contribution in [0.2, 0.25) is 0 Å². The fraction of sp³-hybridized carbons (Fsp3) is 0.667. The fourth-order valence-electron chi connectivity index (χ4n) is 2.10. The van der Waals surface area contributed by atoms with E-state index in [1.807, 2.05) is 0 Å². The Morgan fingerprint density at radius 1 is 1.56 bits per heavy atom. The predicted octanol–water partition coefficient (Wildman–Crippen LogP) is -1.25. The van der Waals surface area contributed by atoms with Gasteiger partial charge in [-0.1, -0.05) is 0 Å². The average molecular weight is 274 g/mol. The van der Waals surface area contributed by atoms with Crippen LogP contribution >= 0.6 is 0 Å². The van der Waals surface area contributed by atoms with E-state index < -0.39 is 21.4 Å². The maximum absolute atomic E-state index is 12.1. The smallest absolute Gasteiger partial charge is 0.332 e. The number of amides is 1. The van der Waals surface area contributed by atoms with Gasteiger partial charge in [0.15, 0.2) is 9.84 Å². The third kappa shape index (κ3) is 2.45. The number of carbonyl (C=O) groups is 1. The van der Waals surface area contributed by atoms with Crippen LogP contribution in [0, 0.1) is 0 Å². The zero-order chi connectivity index (χ0) is 13.3. The van der Waals surface area contributed by atoms with Gasteiger partial charge in [0.2, 0.25) is 5.82 Å². The molecule has 18 heavy (non-hydrogen) atoms. The second-order valence-electron chi connectivity index (χ2n) is 4.17. The van der Waals surface area contributed by atoms with Gasteiger partial charge in [-0.25, -0.2) is 18.3 Å². The first-order valence-corrected chi connectivity index (χ1v) is 7.41. The molecule has 0 bridgehead atoms. The van der Waals surface area contributed by atoms with Crippen LogP contribution in [-0.2, 0) is 9.84 Å². The molecule has 8 nitrogen and oxygen atoms in total. The van der Waals surface area contributed by atoms with E-state index in [9.17, 15) is 18.0 Å². The molecule has 2 rings (SSSR count). The van der Waals surface area contributed by atoms with Crippen LogP contribution in [0.1, 0.15) is 24.0 Å². The minimum absolute atomic E-state index is 0.0266. The molecule has 100 valence electrons. The summed E-state index contributed by atoms with van der Waals surface area (Å²) in [7, 11) is -3.06. The number of sulfone groups is 1. The van der Waals surface area contributed by atoms with Gasteiger partial charge >= 0.3 is 5.69 Å². The molecule has 1 aliphatic rings. The van der Waals surface area contributed by atoms with E-state index in [2.05, 4.69) is 15.2 Å². The van der Waals surface area contributed by atoms with Gasteiger partial charge in [0, 0.05) is 12.6 Å². The van der Waals surface area contributed by atoms with Crippen LogP contribution in [0.15, 0.2) is 4.79 Å². The summed E-state index contributed by atoms with van der Waals surface area (Å²) in [4.78, 5) is 26.7. The van der Waals surface area contributed by atoms with Crippen molar-refractivity contribution in [3.05, 3.63) is 16.3 Å². The number of hydrogen-bond donors (Lipinski definition) is 2. The van der Waals surface area contributed by atoms with Crippen LogP contribution in [0.5, 0.6) is 0 Å². The molecule has 0 spiro atoms. The molecule has 0 radical (unpaired) electrons. The number of H-pyrrole nitrogens is 2. The molecule has 1 atom stereocenters. The number of nitrogens with one attached hydrogen (secondary N) is 2. The lowest BCUT2D eigenvalue weighted by molar-refractivity contribution is 0.0696. The number of nitrogens with zero attached hydrogens (tertiary/aromatic N) is 2. The van der Waals surface area contributed by atoms with Crippen molar-refractivity contribution in [3.63, 3.8) is 0 Å². The van der Waals surface area contributed by atoms with Crippen molar-refractivity contribution in [1.29, 1.82) is 0 Å². The third-order valence-electron chi connectivity index (χ3n) is 2.95. The van der Waals surface area contributed by atoms with Gasteiger partial charge in [0.1, 0.15) is 0 Å². The molecular formula is C9H14N4O4S. The Kier molecular flexibility index (Phi) is 3.24. The molecule has 9 heteroatoms. The largest absolute Gasteiger partial charge is 0.341 e. The Hall–Kier alpha value is -1.64. The number of aromatic nitrogens is 3. The highest BCUT2D eigenvalue weighted by molar-refractivity contribution is 7.91. The molecule has 1 aliphatic heterocycles. The van der Waals surface area contributed by atoms with Gasteiger partial charge in [0.25, 0.3) is 5.91 Å². The van der Waals surface area contributed by atoms with Crippen molar-refractivity contribution in [2.24, 2.45) is 0 Å². The topological polar surface area (TPSA) is 116 Å².